The summed E-state index contributed by atoms with van der Waals surface area (Å²) in [5, 5.41) is 13.3. The molecular formula is C15H23N3O2S. The maximum absolute atomic E-state index is 10.8. The van der Waals surface area contributed by atoms with Crippen molar-refractivity contribution < 1.29 is 9.90 Å². The molecule has 0 aliphatic carbocycles. The molecule has 0 saturated carbocycles. The van der Waals surface area contributed by atoms with Gasteiger partial charge < -0.3 is 10.0 Å². The molecule has 2 rings (SSSR count). The normalized spacial score (nSPS) is 19.0. The molecule has 1 aromatic rings. The number of aryl methyl sites for hydroxylation is 2. The van der Waals surface area contributed by atoms with E-state index in [1.165, 1.54) is 6.08 Å². The highest BCUT2D eigenvalue weighted by atomic mass is 32.2. The molecule has 1 saturated heterocycles. The van der Waals surface area contributed by atoms with E-state index in [1.807, 2.05) is 30.4 Å². The predicted molar refractivity (Wildman–Crippen MR) is 88.0 cm³/mol. The number of carboxylic acid groups (broad SMARTS) is 1. The van der Waals surface area contributed by atoms with Crippen LogP contribution in [0.15, 0.2) is 6.08 Å². The lowest BCUT2D eigenvalue weighted by molar-refractivity contribution is -0.131. The summed E-state index contributed by atoms with van der Waals surface area (Å²) in [6.45, 7) is 8.40. The molecule has 21 heavy (non-hydrogen) atoms. The summed E-state index contributed by atoms with van der Waals surface area (Å²) < 4.78 is 2.15. The molecule has 1 N–H and O–H groups in total. The number of aliphatic carboxylic acids is 1. The van der Waals surface area contributed by atoms with Crippen LogP contribution in [0.2, 0.25) is 0 Å². The molecule has 1 aliphatic heterocycles. The Balaban J connectivity index is 2.32. The first-order chi connectivity index (χ1) is 9.80. The Kier molecular flexibility index (Phi) is 4.66. The first kappa shape index (κ1) is 15.9. The number of hydrogen-bond acceptors (Lipinski definition) is 4. The molecule has 0 bridgehead atoms. The van der Waals surface area contributed by atoms with Crippen molar-refractivity contribution in [2.75, 3.05) is 23.7 Å². The van der Waals surface area contributed by atoms with Gasteiger partial charge in [0, 0.05) is 42.3 Å². The van der Waals surface area contributed by atoms with Crippen molar-refractivity contribution in [2.45, 2.75) is 31.9 Å². The highest BCUT2D eigenvalue weighted by Gasteiger charge is 2.26. The van der Waals surface area contributed by atoms with Gasteiger partial charge in [0.2, 0.25) is 0 Å². The zero-order valence-electron chi connectivity index (χ0n) is 13.1. The highest BCUT2D eigenvalue weighted by molar-refractivity contribution is 8.00. The van der Waals surface area contributed by atoms with Crippen LogP contribution in [-0.4, -0.2) is 44.4 Å². The van der Waals surface area contributed by atoms with E-state index in [4.69, 9.17) is 5.11 Å². The van der Waals surface area contributed by atoms with Crippen molar-refractivity contribution in [3.8, 4) is 0 Å². The summed E-state index contributed by atoms with van der Waals surface area (Å²) in [6, 6.07) is 0. The molecule has 1 fully saturated rings. The average Bonchev–Trinajstić information content (AvgIpc) is 2.53. The number of aromatic nitrogens is 2. The van der Waals surface area contributed by atoms with Crippen molar-refractivity contribution >= 4 is 29.6 Å². The van der Waals surface area contributed by atoms with Crippen LogP contribution >= 0.6 is 11.8 Å². The van der Waals surface area contributed by atoms with Gasteiger partial charge in [0.15, 0.2) is 0 Å². The van der Waals surface area contributed by atoms with E-state index in [0.717, 1.165) is 42.3 Å². The van der Waals surface area contributed by atoms with Crippen molar-refractivity contribution in [3.63, 3.8) is 0 Å². The van der Waals surface area contributed by atoms with Gasteiger partial charge in [0.05, 0.1) is 5.69 Å². The number of carboxylic acids is 1. The molecule has 2 heterocycles. The van der Waals surface area contributed by atoms with Crippen LogP contribution < -0.4 is 4.90 Å². The van der Waals surface area contributed by atoms with E-state index in [9.17, 15) is 4.79 Å². The van der Waals surface area contributed by atoms with Gasteiger partial charge in [-0.05, 0) is 19.4 Å². The van der Waals surface area contributed by atoms with E-state index in [-0.39, 0.29) is 0 Å². The fraction of sp³-hybridized carbons (Fsp3) is 0.600. The fourth-order valence-electron chi connectivity index (χ4n) is 2.62. The van der Waals surface area contributed by atoms with Gasteiger partial charge in [0.25, 0.3) is 0 Å². The Morgan fingerprint density at radius 2 is 2.14 bits per heavy atom. The Labute approximate surface area is 130 Å². The van der Waals surface area contributed by atoms with E-state index >= 15 is 0 Å². The first-order valence-electron chi connectivity index (χ1n) is 7.14. The van der Waals surface area contributed by atoms with Gasteiger partial charge in [-0.2, -0.15) is 16.9 Å². The maximum Gasteiger partial charge on any atom is 0.328 e. The van der Waals surface area contributed by atoms with Gasteiger partial charge >= 0.3 is 5.97 Å². The molecule has 0 amide bonds. The Morgan fingerprint density at radius 3 is 2.81 bits per heavy atom. The van der Waals surface area contributed by atoms with Crippen molar-refractivity contribution in [3.05, 3.63) is 17.3 Å². The fourth-order valence-corrected chi connectivity index (χ4v) is 3.72. The SMILES string of the molecule is Cc1nn(C)c(N2CCSC(C)(C)CC2)c1/C=C/C(=O)O. The average molecular weight is 309 g/mol. The minimum absolute atomic E-state index is 0.291. The molecule has 116 valence electrons. The van der Waals surface area contributed by atoms with Crippen LogP contribution in [0.4, 0.5) is 5.82 Å². The number of rotatable bonds is 3. The summed E-state index contributed by atoms with van der Waals surface area (Å²) >= 11 is 1.99. The van der Waals surface area contributed by atoms with E-state index in [0.29, 0.717) is 4.75 Å². The standard InChI is InChI=1S/C15H23N3O2S/c1-11-12(5-6-13(19)20)14(17(4)16-11)18-8-7-15(2,3)21-10-9-18/h5-6H,7-10H2,1-4H3,(H,19,20)/b6-5+. The lowest BCUT2D eigenvalue weighted by atomic mass is 10.1. The predicted octanol–water partition coefficient (Wildman–Crippen LogP) is 2.55. The minimum atomic E-state index is -0.934. The van der Waals surface area contributed by atoms with E-state index < -0.39 is 5.97 Å². The van der Waals surface area contributed by atoms with Crippen molar-refractivity contribution in [1.29, 1.82) is 0 Å². The summed E-state index contributed by atoms with van der Waals surface area (Å²) in [5.74, 6) is 1.15. The van der Waals surface area contributed by atoms with Crippen LogP contribution in [0.25, 0.3) is 6.08 Å². The third-order valence-electron chi connectivity index (χ3n) is 3.77. The van der Waals surface area contributed by atoms with Crippen LogP contribution in [0.1, 0.15) is 31.5 Å². The molecule has 5 nitrogen and oxygen atoms in total. The molecule has 1 aliphatic rings. The van der Waals surface area contributed by atoms with Crippen molar-refractivity contribution in [1.82, 2.24) is 9.78 Å². The van der Waals surface area contributed by atoms with Gasteiger partial charge in [-0.1, -0.05) is 13.8 Å². The summed E-state index contributed by atoms with van der Waals surface area (Å²) in [4.78, 5) is 13.1. The summed E-state index contributed by atoms with van der Waals surface area (Å²) in [6.07, 6.45) is 3.94. The van der Waals surface area contributed by atoms with E-state index in [1.54, 1.807) is 6.08 Å². The zero-order valence-corrected chi connectivity index (χ0v) is 13.9. The third kappa shape index (κ3) is 3.81. The largest absolute Gasteiger partial charge is 0.478 e. The number of carbonyl (C=O) groups is 1. The summed E-state index contributed by atoms with van der Waals surface area (Å²) in [7, 11) is 1.92. The van der Waals surface area contributed by atoms with Crippen LogP contribution in [-0.2, 0) is 11.8 Å². The second-order valence-electron chi connectivity index (χ2n) is 5.96. The molecule has 0 spiro atoms. The topological polar surface area (TPSA) is 58.4 Å². The lowest BCUT2D eigenvalue weighted by Crippen LogP contribution is -2.29. The Bertz CT molecular complexity index is 564. The number of anilines is 1. The third-order valence-corrected chi connectivity index (χ3v) is 5.14. The van der Waals surface area contributed by atoms with Gasteiger partial charge in [-0.15, -0.1) is 0 Å². The molecule has 1 aromatic heterocycles. The highest BCUT2D eigenvalue weighted by Crippen LogP contribution is 2.34. The smallest absolute Gasteiger partial charge is 0.328 e. The second kappa shape index (κ2) is 6.13. The molecule has 0 unspecified atom stereocenters. The van der Waals surface area contributed by atoms with Crippen LogP contribution in [0.5, 0.6) is 0 Å². The van der Waals surface area contributed by atoms with Gasteiger partial charge in [-0.3, -0.25) is 4.68 Å². The Morgan fingerprint density at radius 1 is 1.43 bits per heavy atom. The molecule has 0 radical (unpaired) electrons. The first-order valence-corrected chi connectivity index (χ1v) is 8.12. The molecule has 0 aromatic carbocycles. The lowest BCUT2D eigenvalue weighted by Gasteiger charge is -2.24. The van der Waals surface area contributed by atoms with Gasteiger partial charge in [-0.25, -0.2) is 4.79 Å². The van der Waals surface area contributed by atoms with Crippen LogP contribution in [0, 0.1) is 6.92 Å². The molecular weight excluding hydrogens is 286 g/mol. The number of hydrogen-bond donors (Lipinski definition) is 1. The van der Waals surface area contributed by atoms with Gasteiger partial charge in [0.1, 0.15) is 5.82 Å². The van der Waals surface area contributed by atoms with Crippen molar-refractivity contribution in [2.24, 2.45) is 7.05 Å². The minimum Gasteiger partial charge on any atom is -0.478 e. The number of nitrogens with zero attached hydrogens (tertiary/aromatic N) is 3. The maximum atomic E-state index is 10.8. The number of thioether (sulfide) groups is 1. The van der Waals surface area contributed by atoms with Crippen LogP contribution in [0.3, 0.4) is 0 Å². The quantitative estimate of drug-likeness (QED) is 0.870. The zero-order chi connectivity index (χ0) is 15.6. The Hall–Kier alpha value is -1.43. The second-order valence-corrected chi connectivity index (χ2v) is 7.77. The van der Waals surface area contributed by atoms with E-state index in [2.05, 4.69) is 23.8 Å². The summed E-state index contributed by atoms with van der Waals surface area (Å²) in [5.41, 5.74) is 1.77. The molecule has 0 atom stereocenters. The monoisotopic (exact) mass is 309 g/mol. The molecule has 6 heteroatoms.